The molecule has 0 aromatic heterocycles. The fraction of sp³-hybridized carbons (Fsp3) is 0.375. The van der Waals surface area contributed by atoms with Crippen LogP contribution in [0.15, 0.2) is 66.7 Å². The highest BCUT2D eigenvalue weighted by molar-refractivity contribution is 5.81. The second kappa shape index (κ2) is 11.8. The minimum atomic E-state index is -1.06. The van der Waals surface area contributed by atoms with Crippen molar-refractivity contribution in [1.82, 2.24) is 4.90 Å². The molecule has 3 aromatic carbocycles. The van der Waals surface area contributed by atoms with Crippen LogP contribution in [0.1, 0.15) is 60.9 Å². The molecule has 0 bridgehead atoms. The highest BCUT2D eigenvalue weighted by atomic mass is 19.1. The van der Waals surface area contributed by atoms with Crippen molar-refractivity contribution in [2.75, 3.05) is 13.1 Å². The van der Waals surface area contributed by atoms with E-state index in [4.69, 9.17) is 4.74 Å². The smallest absolute Gasteiger partial charge is 0.323 e. The van der Waals surface area contributed by atoms with E-state index >= 15 is 0 Å². The van der Waals surface area contributed by atoms with Gasteiger partial charge in [-0.3, -0.25) is 9.59 Å². The number of hydrogen-bond acceptors (Lipinski definition) is 3. The summed E-state index contributed by atoms with van der Waals surface area (Å²) in [7, 11) is 0. The molecule has 1 N–H and O–H groups in total. The first-order valence-corrected chi connectivity index (χ1v) is 13.2. The van der Waals surface area contributed by atoms with Crippen LogP contribution in [0.2, 0.25) is 0 Å². The summed E-state index contributed by atoms with van der Waals surface area (Å²) < 4.78 is 19.8. The summed E-state index contributed by atoms with van der Waals surface area (Å²) in [6.07, 6.45) is 2.70. The number of carbonyl (C=O) groups is 2. The van der Waals surface area contributed by atoms with Crippen molar-refractivity contribution in [2.45, 2.75) is 64.4 Å². The minimum Gasteiger partial charge on any atom is -0.487 e. The molecule has 1 atom stereocenters. The first kappa shape index (κ1) is 27.4. The fourth-order valence-electron chi connectivity index (χ4n) is 5.10. The Kier molecular flexibility index (Phi) is 8.50. The molecule has 0 spiro atoms. The summed E-state index contributed by atoms with van der Waals surface area (Å²) >= 11 is 0. The maximum atomic E-state index is 13.5. The quantitative estimate of drug-likeness (QED) is 0.340. The van der Waals surface area contributed by atoms with Crippen molar-refractivity contribution < 1.29 is 23.8 Å². The fourth-order valence-corrected chi connectivity index (χ4v) is 5.10. The second-order valence-electron chi connectivity index (χ2n) is 10.8. The van der Waals surface area contributed by atoms with Crippen molar-refractivity contribution in [1.29, 1.82) is 0 Å². The van der Waals surface area contributed by atoms with Gasteiger partial charge in [-0.15, -0.1) is 0 Å². The molecule has 0 saturated carbocycles. The average Bonchev–Trinajstić information content (AvgIpc) is 3.20. The number of carboxylic acids is 1. The lowest BCUT2D eigenvalue weighted by Gasteiger charge is -2.24. The van der Waals surface area contributed by atoms with Crippen molar-refractivity contribution in [3.8, 4) is 5.75 Å². The maximum absolute atomic E-state index is 13.5. The van der Waals surface area contributed by atoms with Gasteiger partial charge < -0.3 is 14.7 Å². The number of carboxylic acid groups (broad SMARTS) is 1. The Labute approximate surface area is 224 Å². The Morgan fingerprint density at radius 3 is 2.39 bits per heavy atom. The number of ether oxygens (including phenoxy) is 1. The van der Waals surface area contributed by atoms with Crippen LogP contribution in [0.3, 0.4) is 0 Å². The number of aliphatic carboxylic acids is 1. The zero-order chi connectivity index (χ0) is 27.3. The van der Waals surface area contributed by atoms with Crippen LogP contribution in [0.5, 0.6) is 5.75 Å². The Morgan fingerprint density at radius 1 is 1.00 bits per heavy atom. The SMILES string of the molecule is CC(C)c1ccc(C[C@@]2(C)Cc3cc(CCC(=O)N(CCc4cccc(F)c4)CC(=O)O)ccc3O2)cc1. The molecule has 0 fully saturated rings. The van der Waals surface area contributed by atoms with Crippen LogP contribution in [-0.2, 0) is 35.3 Å². The van der Waals surface area contributed by atoms with Crippen LogP contribution >= 0.6 is 0 Å². The molecule has 0 saturated heterocycles. The molecule has 38 heavy (non-hydrogen) atoms. The van der Waals surface area contributed by atoms with Gasteiger partial charge in [0.25, 0.3) is 0 Å². The number of carbonyl (C=O) groups excluding carboxylic acids is 1. The Hall–Kier alpha value is -3.67. The predicted molar refractivity (Wildman–Crippen MR) is 146 cm³/mol. The normalized spacial score (nSPS) is 16.2. The first-order chi connectivity index (χ1) is 18.1. The standard InChI is InChI=1S/C32H36FNO4/c1-22(2)26-11-7-25(8-12-26)19-32(3)20-27-17-24(9-13-29(27)38-32)10-14-30(35)34(21-31(36)37)16-15-23-5-4-6-28(33)18-23/h4-9,11-13,17-18,22H,10,14-16,19-21H2,1-3H3,(H,36,37)/t32-/m0/s1. The minimum absolute atomic E-state index is 0.204. The molecule has 200 valence electrons. The van der Waals surface area contributed by atoms with E-state index in [2.05, 4.69) is 51.1 Å². The highest BCUT2D eigenvalue weighted by Crippen LogP contribution is 2.37. The number of halogens is 1. The van der Waals surface area contributed by atoms with Crippen LogP contribution in [-0.4, -0.2) is 40.6 Å². The molecule has 5 nitrogen and oxygen atoms in total. The number of fused-ring (bicyclic) bond motifs is 1. The molecule has 1 amide bonds. The molecule has 1 aliphatic heterocycles. The number of rotatable bonds is 11. The number of amides is 1. The van der Waals surface area contributed by atoms with Crippen molar-refractivity contribution >= 4 is 11.9 Å². The Morgan fingerprint density at radius 2 is 1.71 bits per heavy atom. The highest BCUT2D eigenvalue weighted by Gasteiger charge is 2.35. The van der Waals surface area contributed by atoms with Gasteiger partial charge in [-0.05, 0) is 71.7 Å². The summed E-state index contributed by atoms with van der Waals surface area (Å²) in [5.74, 6) is -0.259. The van der Waals surface area contributed by atoms with Gasteiger partial charge in [0, 0.05) is 25.8 Å². The van der Waals surface area contributed by atoms with E-state index in [-0.39, 0.29) is 36.8 Å². The number of hydrogen-bond donors (Lipinski definition) is 1. The molecule has 1 heterocycles. The van der Waals surface area contributed by atoms with Gasteiger partial charge in [0.15, 0.2) is 0 Å². The summed E-state index contributed by atoms with van der Waals surface area (Å²) in [5, 5.41) is 9.29. The van der Waals surface area contributed by atoms with Crippen molar-refractivity contribution in [3.63, 3.8) is 0 Å². The zero-order valence-electron chi connectivity index (χ0n) is 22.4. The number of benzene rings is 3. The van der Waals surface area contributed by atoms with Gasteiger partial charge in [-0.2, -0.15) is 0 Å². The van der Waals surface area contributed by atoms with E-state index in [1.165, 1.54) is 28.2 Å². The average molecular weight is 518 g/mol. The van der Waals surface area contributed by atoms with E-state index in [0.29, 0.717) is 18.8 Å². The molecular weight excluding hydrogens is 481 g/mol. The largest absolute Gasteiger partial charge is 0.487 e. The molecule has 4 rings (SSSR count). The summed E-state index contributed by atoms with van der Waals surface area (Å²) in [5.41, 5.74) is 5.12. The monoisotopic (exact) mass is 517 g/mol. The van der Waals surface area contributed by atoms with Crippen LogP contribution in [0.4, 0.5) is 4.39 Å². The summed E-state index contributed by atoms with van der Waals surface area (Å²) in [6, 6.07) is 20.9. The Bertz CT molecular complexity index is 1290. The number of aryl methyl sites for hydroxylation is 1. The topological polar surface area (TPSA) is 66.8 Å². The van der Waals surface area contributed by atoms with E-state index in [0.717, 1.165) is 35.3 Å². The van der Waals surface area contributed by atoms with Crippen molar-refractivity contribution in [3.05, 3.63) is 100 Å². The Balaban J connectivity index is 1.35. The zero-order valence-corrected chi connectivity index (χ0v) is 22.4. The number of nitrogens with zero attached hydrogens (tertiary/aromatic N) is 1. The lowest BCUT2D eigenvalue weighted by molar-refractivity contribution is -0.144. The molecular formula is C32H36FNO4. The van der Waals surface area contributed by atoms with Gasteiger partial charge in [0.2, 0.25) is 5.91 Å². The molecule has 0 unspecified atom stereocenters. The third kappa shape index (κ3) is 7.21. The van der Waals surface area contributed by atoms with E-state index in [1.807, 2.05) is 12.1 Å². The van der Waals surface area contributed by atoms with Crippen molar-refractivity contribution in [2.24, 2.45) is 0 Å². The maximum Gasteiger partial charge on any atom is 0.323 e. The van der Waals surface area contributed by atoms with E-state index < -0.39 is 5.97 Å². The van der Waals surface area contributed by atoms with Gasteiger partial charge in [-0.25, -0.2) is 4.39 Å². The predicted octanol–water partition coefficient (Wildman–Crippen LogP) is 5.97. The molecule has 3 aromatic rings. The van der Waals surface area contributed by atoms with Gasteiger partial charge in [0.05, 0.1) is 0 Å². The molecule has 1 aliphatic rings. The first-order valence-electron chi connectivity index (χ1n) is 13.2. The van der Waals surface area contributed by atoms with E-state index in [1.54, 1.807) is 12.1 Å². The van der Waals surface area contributed by atoms with Crippen LogP contribution < -0.4 is 4.74 Å². The lowest BCUT2D eigenvalue weighted by Crippen LogP contribution is -2.37. The third-order valence-electron chi connectivity index (χ3n) is 7.14. The van der Waals surface area contributed by atoms with Crippen LogP contribution in [0, 0.1) is 5.82 Å². The molecule has 0 radical (unpaired) electrons. The van der Waals surface area contributed by atoms with E-state index in [9.17, 15) is 19.1 Å². The second-order valence-corrected chi connectivity index (χ2v) is 10.8. The van der Waals surface area contributed by atoms with Gasteiger partial charge in [-0.1, -0.05) is 62.4 Å². The lowest BCUT2D eigenvalue weighted by atomic mass is 9.90. The van der Waals surface area contributed by atoms with Gasteiger partial charge in [0.1, 0.15) is 23.7 Å². The molecule has 6 heteroatoms. The molecule has 0 aliphatic carbocycles. The summed E-state index contributed by atoms with van der Waals surface area (Å²) in [4.78, 5) is 25.6. The third-order valence-corrected chi connectivity index (χ3v) is 7.14. The van der Waals surface area contributed by atoms with Gasteiger partial charge >= 0.3 is 5.97 Å². The summed E-state index contributed by atoms with van der Waals surface area (Å²) in [6.45, 7) is 6.37. The van der Waals surface area contributed by atoms with Crippen LogP contribution in [0.25, 0.3) is 0 Å².